The number of carbonyl (C=O) groups excluding carboxylic acids is 1. The Kier molecular flexibility index (Phi) is 5.06. The Hall–Kier alpha value is -1.12. The van der Waals surface area contributed by atoms with Crippen LogP contribution in [0.25, 0.3) is 0 Å². The Bertz CT molecular complexity index is 962. The van der Waals surface area contributed by atoms with E-state index in [2.05, 4.69) is 54.5 Å². The lowest BCUT2D eigenvalue weighted by atomic mass is 9.33. The number of hydrogen-bond donors (Lipinski definition) is 1. The van der Waals surface area contributed by atoms with Gasteiger partial charge in [-0.25, -0.2) is 0 Å². The van der Waals surface area contributed by atoms with Gasteiger partial charge in [0.05, 0.1) is 5.41 Å². The van der Waals surface area contributed by atoms with Crippen LogP contribution >= 0.6 is 0 Å². The normalized spacial score (nSPS) is 54.1. The largest absolute Gasteiger partial charge is 0.481 e. The van der Waals surface area contributed by atoms with Gasteiger partial charge in [-0.15, -0.1) is 0 Å². The highest BCUT2D eigenvalue weighted by molar-refractivity contribution is 5.95. The molecule has 0 bridgehead atoms. The molecule has 3 nitrogen and oxygen atoms in total. The van der Waals surface area contributed by atoms with E-state index in [0.29, 0.717) is 24.0 Å². The van der Waals surface area contributed by atoms with E-state index < -0.39 is 11.4 Å². The van der Waals surface area contributed by atoms with E-state index in [4.69, 9.17) is 0 Å². The summed E-state index contributed by atoms with van der Waals surface area (Å²) in [5, 5.41) is 10.1. The molecule has 34 heavy (non-hydrogen) atoms. The molecule has 0 amide bonds. The Balaban J connectivity index is 1.62. The summed E-state index contributed by atoms with van der Waals surface area (Å²) >= 11 is 0. The second-order valence-corrected chi connectivity index (χ2v) is 15.3. The van der Waals surface area contributed by atoms with Crippen LogP contribution in [0, 0.1) is 56.2 Å². The summed E-state index contributed by atoms with van der Waals surface area (Å²) in [4.78, 5) is 26.5. The third-order valence-corrected chi connectivity index (χ3v) is 13.6. The summed E-state index contributed by atoms with van der Waals surface area (Å²) in [5.41, 5.74) is 1.00. The molecule has 0 saturated heterocycles. The van der Waals surface area contributed by atoms with Crippen molar-refractivity contribution < 1.29 is 14.7 Å². The van der Waals surface area contributed by atoms with Crippen LogP contribution < -0.4 is 0 Å². The molecule has 0 radical (unpaired) electrons. The molecule has 3 heteroatoms. The first-order valence-corrected chi connectivity index (χ1v) is 14.0. The van der Waals surface area contributed by atoms with Gasteiger partial charge in [0, 0.05) is 5.92 Å². The Labute approximate surface area is 207 Å². The molecule has 190 valence electrons. The van der Waals surface area contributed by atoms with Crippen molar-refractivity contribution in [3.63, 3.8) is 0 Å². The lowest BCUT2D eigenvalue weighted by molar-refractivity contribution is -0.192. The molecule has 0 aromatic rings. The molecule has 1 N–H and O–H groups in total. The smallest absolute Gasteiger partial charge is 0.309 e. The van der Waals surface area contributed by atoms with Crippen molar-refractivity contribution in [2.75, 3.05) is 0 Å². The van der Waals surface area contributed by atoms with Crippen molar-refractivity contribution >= 4 is 11.8 Å². The fourth-order valence-corrected chi connectivity index (χ4v) is 10.6. The number of fused-ring (bicyclic) bond motifs is 7. The van der Waals surface area contributed by atoms with Gasteiger partial charge in [-0.3, -0.25) is 9.59 Å². The third-order valence-electron chi connectivity index (χ3n) is 13.6. The second kappa shape index (κ2) is 7.00. The van der Waals surface area contributed by atoms with Gasteiger partial charge in [0.25, 0.3) is 0 Å². The second-order valence-electron chi connectivity index (χ2n) is 15.3. The molecule has 0 aromatic heterocycles. The average molecular weight is 469 g/mol. The van der Waals surface area contributed by atoms with Gasteiger partial charge < -0.3 is 5.11 Å². The van der Waals surface area contributed by atoms with Crippen LogP contribution in [0.15, 0.2) is 11.6 Å². The molecule has 5 aliphatic rings. The molecule has 0 unspecified atom stereocenters. The molecule has 5 aliphatic carbocycles. The predicted molar refractivity (Wildman–Crippen MR) is 136 cm³/mol. The number of carboxylic acids is 1. The average Bonchev–Trinajstić information content (AvgIpc) is 2.73. The minimum atomic E-state index is -0.683. The minimum Gasteiger partial charge on any atom is -0.481 e. The fraction of sp³-hybridized carbons (Fsp3) is 0.871. The molecule has 0 heterocycles. The van der Waals surface area contributed by atoms with Gasteiger partial charge >= 0.3 is 5.97 Å². The van der Waals surface area contributed by atoms with Crippen LogP contribution in [0.4, 0.5) is 0 Å². The van der Waals surface area contributed by atoms with Crippen molar-refractivity contribution in [2.24, 2.45) is 56.2 Å². The van der Waals surface area contributed by atoms with E-state index in [1.807, 2.05) is 6.92 Å². The maximum absolute atomic E-state index is 14.3. The van der Waals surface area contributed by atoms with Crippen molar-refractivity contribution in [2.45, 2.75) is 113 Å². The number of hydrogen-bond acceptors (Lipinski definition) is 2. The zero-order chi connectivity index (χ0) is 25.1. The van der Waals surface area contributed by atoms with Gasteiger partial charge in [-0.2, -0.15) is 0 Å². The highest BCUT2D eigenvalue weighted by Gasteiger charge is 2.70. The van der Waals surface area contributed by atoms with Gasteiger partial charge in [0.15, 0.2) is 5.78 Å². The van der Waals surface area contributed by atoms with Gasteiger partial charge in [-0.1, -0.05) is 54.0 Å². The number of rotatable bonds is 1. The van der Waals surface area contributed by atoms with Gasteiger partial charge in [0.2, 0.25) is 0 Å². The molecule has 0 spiro atoms. The fourth-order valence-electron chi connectivity index (χ4n) is 10.6. The van der Waals surface area contributed by atoms with Crippen LogP contribution in [-0.4, -0.2) is 16.9 Å². The Morgan fingerprint density at radius 3 is 2.21 bits per heavy atom. The topological polar surface area (TPSA) is 54.4 Å². The summed E-state index contributed by atoms with van der Waals surface area (Å²) in [5.74, 6) is 1.26. The van der Waals surface area contributed by atoms with Crippen LogP contribution in [-0.2, 0) is 9.59 Å². The lowest BCUT2D eigenvalue weighted by Crippen LogP contribution is -2.66. The van der Waals surface area contributed by atoms with Crippen LogP contribution in [0.5, 0.6) is 0 Å². The summed E-state index contributed by atoms with van der Waals surface area (Å²) in [6, 6.07) is 0. The van der Waals surface area contributed by atoms with Crippen LogP contribution in [0.1, 0.15) is 113 Å². The number of ketones is 1. The monoisotopic (exact) mass is 468 g/mol. The van der Waals surface area contributed by atoms with Crippen molar-refractivity contribution in [3.05, 3.63) is 11.6 Å². The summed E-state index contributed by atoms with van der Waals surface area (Å²) < 4.78 is 0. The standard InChI is InChI=1S/C31H48O3/c1-19-9-11-29(6)23(26(19,2)3)10-12-31(8)24(29)22(32)17-20-21-18-28(5,25(33)34)14-13-27(21,4)15-16-30(20,31)7/h17,19,21,23-24H,9-16,18H2,1-8H3,(H,33,34)/t19-,21-,23-,24+,27+,28-,29-,30+,31+/m0/s1. The first kappa shape index (κ1) is 24.6. The quantitative estimate of drug-likeness (QED) is 0.429. The van der Waals surface area contributed by atoms with E-state index in [0.717, 1.165) is 38.5 Å². The molecular weight excluding hydrogens is 420 g/mol. The van der Waals surface area contributed by atoms with Gasteiger partial charge in [0.1, 0.15) is 0 Å². The summed E-state index contributed by atoms with van der Waals surface area (Å²) in [6.45, 7) is 19.0. The minimum absolute atomic E-state index is 0.0201. The van der Waals surface area contributed by atoms with Gasteiger partial charge in [-0.05, 0) is 116 Å². The molecule has 0 aromatic carbocycles. The van der Waals surface area contributed by atoms with E-state index in [-0.39, 0.29) is 38.9 Å². The SMILES string of the molecule is C[C@H]1CC[C@]2(C)[C@H]3C(=O)C=C4[C@@H]5C[C@@](C)(C(=O)O)CC[C@]5(C)CC[C@@]4(C)[C@]3(C)CC[C@H]2C1(C)C. The zero-order valence-corrected chi connectivity index (χ0v) is 23.0. The maximum Gasteiger partial charge on any atom is 0.309 e. The van der Waals surface area contributed by atoms with Crippen molar-refractivity contribution in [3.8, 4) is 0 Å². The molecule has 9 atom stereocenters. The van der Waals surface area contributed by atoms with E-state index in [9.17, 15) is 14.7 Å². The first-order valence-electron chi connectivity index (χ1n) is 14.0. The number of carboxylic acid groups (broad SMARTS) is 1. The van der Waals surface area contributed by atoms with E-state index in [1.54, 1.807) is 0 Å². The van der Waals surface area contributed by atoms with E-state index >= 15 is 0 Å². The lowest BCUT2D eigenvalue weighted by Gasteiger charge is -2.70. The first-order chi connectivity index (χ1) is 15.6. The van der Waals surface area contributed by atoms with Crippen LogP contribution in [0.3, 0.4) is 0 Å². The number of allylic oxidation sites excluding steroid dienone is 2. The van der Waals surface area contributed by atoms with Crippen molar-refractivity contribution in [1.82, 2.24) is 0 Å². The highest BCUT2D eigenvalue weighted by atomic mass is 16.4. The number of carbonyl (C=O) groups is 2. The van der Waals surface area contributed by atoms with Crippen molar-refractivity contribution in [1.29, 1.82) is 0 Å². The molecule has 0 aliphatic heterocycles. The highest BCUT2D eigenvalue weighted by Crippen LogP contribution is 2.75. The Morgan fingerprint density at radius 2 is 1.56 bits per heavy atom. The predicted octanol–water partition coefficient (Wildman–Crippen LogP) is 7.69. The molecule has 4 fully saturated rings. The third kappa shape index (κ3) is 2.82. The summed E-state index contributed by atoms with van der Waals surface area (Å²) in [7, 11) is 0. The maximum atomic E-state index is 14.3. The molecule has 4 saturated carbocycles. The zero-order valence-electron chi connectivity index (χ0n) is 23.0. The molecular formula is C31H48O3. The molecule has 5 rings (SSSR count). The number of aliphatic carboxylic acids is 1. The summed E-state index contributed by atoms with van der Waals surface area (Å²) in [6.07, 6.45) is 11.5. The Morgan fingerprint density at radius 1 is 0.912 bits per heavy atom. The van der Waals surface area contributed by atoms with E-state index in [1.165, 1.54) is 18.4 Å². The van der Waals surface area contributed by atoms with Crippen LogP contribution in [0.2, 0.25) is 0 Å².